The molecule has 1 atom stereocenters. The zero-order valence-corrected chi connectivity index (χ0v) is 16.8. The number of aromatic nitrogens is 2. The summed E-state index contributed by atoms with van der Waals surface area (Å²) in [6.07, 6.45) is 1.95. The van der Waals surface area contributed by atoms with Crippen molar-refractivity contribution in [3.63, 3.8) is 0 Å². The highest BCUT2D eigenvalue weighted by Crippen LogP contribution is 2.21. The number of piperidine rings is 1. The molecule has 0 saturated carbocycles. The molecule has 140 valence electrons. The number of rotatable bonds is 6. The number of amides is 1. The van der Waals surface area contributed by atoms with Crippen LogP contribution in [0.4, 0.5) is 0 Å². The number of hydrogen-bond donors (Lipinski definition) is 1. The minimum Gasteiger partial charge on any atom is -0.356 e. The maximum Gasteiger partial charge on any atom is 0.241 e. The molecule has 1 N–H and O–H groups in total. The van der Waals surface area contributed by atoms with Crippen molar-refractivity contribution in [1.29, 1.82) is 0 Å². The second-order valence-corrected chi connectivity index (χ2v) is 8.15. The van der Waals surface area contributed by atoms with Gasteiger partial charge in [0, 0.05) is 23.1 Å². The number of carbonyl (C=O) groups is 1. The van der Waals surface area contributed by atoms with Crippen LogP contribution in [0.2, 0.25) is 0 Å². The lowest BCUT2D eigenvalue weighted by molar-refractivity contribution is -0.127. The summed E-state index contributed by atoms with van der Waals surface area (Å²) in [5.41, 5.74) is 0.924. The fraction of sp³-hybridized carbons (Fsp3) is 0.526. The van der Waals surface area contributed by atoms with Gasteiger partial charge in [0.25, 0.3) is 0 Å². The van der Waals surface area contributed by atoms with E-state index in [0.717, 1.165) is 42.5 Å². The second-order valence-electron chi connectivity index (χ2n) is 7.23. The summed E-state index contributed by atoms with van der Waals surface area (Å²) in [5.74, 6) is 1.84. The topological polar surface area (TPSA) is 71.3 Å². The normalized spacial score (nSPS) is 18.2. The minimum atomic E-state index is 0.0383. The van der Waals surface area contributed by atoms with E-state index < -0.39 is 0 Å². The van der Waals surface area contributed by atoms with E-state index in [1.807, 2.05) is 24.3 Å². The molecule has 6 nitrogen and oxygen atoms in total. The summed E-state index contributed by atoms with van der Waals surface area (Å²) >= 11 is 3.42. The van der Waals surface area contributed by atoms with Gasteiger partial charge in [-0.05, 0) is 49.6 Å². The fourth-order valence-corrected chi connectivity index (χ4v) is 3.35. The summed E-state index contributed by atoms with van der Waals surface area (Å²) in [6.45, 7) is 7.20. The summed E-state index contributed by atoms with van der Waals surface area (Å²) in [5, 5.41) is 7.12. The van der Waals surface area contributed by atoms with Gasteiger partial charge < -0.3 is 9.84 Å². The zero-order valence-electron chi connectivity index (χ0n) is 15.2. The first-order chi connectivity index (χ1) is 12.5. The summed E-state index contributed by atoms with van der Waals surface area (Å²) in [4.78, 5) is 19.0. The number of benzene rings is 1. The Balaban J connectivity index is 1.57. The summed E-state index contributed by atoms with van der Waals surface area (Å²) < 4.78 is 6.43. The standard InChI is InChI=1S/C19H25BrN4O2/c1-13(2)10-21-19(25)15-4-3-9-24(11-15)12-17-22-18(23-26-17)14-5-7-16(20)8-6-14/h5-8,13,15H,3-4,9-12H2,1-2H3,(H,21,25). The Morgan fingerprint density at radius 1 is 1.38 bits per heavy atom. The predicted octanol–water partition coefficient (Wildman–Crippen LogP) is 3.48. The number of halogens is 1. The van der Waals surface area contributed by atoms with E-state index in [0.29, 0.717) is 24.2 Å². The molecule has 2 heterocycles. The first kappa shape index (κ1) is 19.0. The van der Waals surface area contributed by atoms with Crippen LogP contribution in [0.1, 0.15) is 32.6 Å². The maximum absolute atomic E-state index is 12.3. The molecule has 2 aromatic rings. The number of hydrogen-bond acceptors (Lipinski definition) is 5. The van der Waals surface area contributed by atoms with Gasteiger partial charge in [-0.15, -0.1) is 0 Å². The van der Waals surface area contributed by atoms with Crippen LogP contribution < -0.4 is 5.32 Å². The first-order valence-corrected chi connectivity index (χ1v) is 9.89. The third-order valence-corrected chi connectivity index (χ3v) is 5.02. The van der Waals surface area contributed by atoms with Crippen LogP contribution in [0.25, 0.3) is 11.4 Å². The zero-order chi connectivity index (χ0) is 18.5. The second kappa shape index (κ2) is 8.77. The van der Waals surface area contributed by atoms with Crippen LogP contribution in [0.5, 0.6) is 0 Å². The van der Waals surface area contributed by atoms with Crippen molar-refractivity contribution in [2.75, 3.05) is 19.6 Å². The van der Waals surface area contributed by atoms with Crippen LogP contribution >= 0.6 is 15.9 Å². The molecular formula is C19H25BrN4O2. The molecule has 7 heteroatoms. The molecule has 1 saturated heterocycles. The van der Waals surface area contributed by atoms with E-state index in [1.54, 1.807) is 0 Å². The molecule has 0 spiro atoms. The molecule has 1 aliphatic rings. The summed E-state index contributed by atoms with van der Waals surface area (Å²) in [6, 6.07) is 7.82. The number of carbonyl (C=O) groups excluding carboxylic acids is 1. The fourth-order valence-electron chi connectivity index (χ4n) is 3.09. The first-order valence-electron chi connectivity index (χ1n) is 9.10. The van der Waals surface area contributed by atoms with Crippen LogP contribution in [0.15, 0.2) is 33.3 Å². The monoisotopic (exact) mass is 420 g/mol. The molecular weight excluding hydrogens is 396 g/mol. The third kappa shape index (κ3) is 5.14. The molecule has 0 bridgehead atoms. The van der Waals surface area contributed by atoms with Gasteiger partial charge in [-0.25, -0.2) is 0 Å². The van der Waals surface area contributed by atoms with Crippen molar-refractivity contribution in [2.45, 2.75) is 33.2 Å². The third-order valence-electron chi connectivity index (χ3n) is 4.49. The Morgan fingerprint density at radius 2 is 2.15 bits per heavy atom. The molecule has 1 unspecified atom stereocenters. The van der Waals surface area contributed by atoms with Crippen molar-refractivity contribution in [1.82, 2.24) is 20.4 Å². The van der Waals surface area contributed by atoms with Crippen molar-refractivity contribution in [2.24, 2.45) is 11.8 Å². The van der Waals surface area contributed by atoms with E-state index in [9.17, 15) is 4.79 Å². The van der Waals surface area contributed by atoms with Gasteiger partial charge in [0.15, 0.2) is 0 Å². The lowest BCUT2D eigenvalue weighted by Crippen LogP contribution is -2.43. The highest BCUT2D eigenvalue weighted by Gasteiger charge is 2.26. The number of likely N-dealkylation sites (tertiary alicyclic amines) is 1. The van der Waals surface area contributed by atoms with E-state index in [4.69, 9.17) is 4.52 Å². The Kier molecular flexibility index (Phi) is 6.43. The summed E-state index contributed by atoms with van der Waals surface area (Å²) in [7, 11) is 0. The molecule has 1 aromatic heterocycles. The van der Waals surface area contributed by atoms with E-state index >= 15 is 0 Å². The Morgan fingerprint density at radius 3 is 2.88 bits per heavy atom. The van der Waals surface area contributed by atoms with E-state index in [1.165, 1.54) is 0 Å². The smallest absolute Gasteiger partial charge is 0.241 e. The average molecular weight is 421 g/mol. The molecule has 1 aromatic carbocycles. The number of nitrogens with zero attached hydrogens (tertiary/aromatic N) is 3. The SMILES string of the molecule is CC(C)CNC(=O)C1CCCN(Cc2nc(-c3ccc(Br)cc3)no2)C1. The largest absolute Gasteiger partial charge is 0.356 e. The number of nitrogens with one attached hydrogen (secondary N) is 1. The predicted molar refractivity (Wildman–Crippen MR) is 103 cm³/mol. The van der Waals surface area contributed by atoms with Gasteiger partial charge in [0.1, 0.15) is 0 Å². The molecule has 1 aliphatic heterocycles. The average Bonchev–Trinajstić information content (AvgIpc) is 3.09. The molecule has 0 aliphatic carbocycles. The maximum atomic E-state index is 12.3. The minimum absolute atomic E-state index is 0.0383. The van der Waals surface area contributed by atoms with Gasteiger partial charge in [-0.3, -0.25) is 9.69 Å². The lowest BCUT2D eigenvalue weighted by atomic mass is 9.97. The van der Waals surface area contributed by atoms with Crippen molar-refractivity contribution >= 4 is 21.8 Å². The molecule has 3 rings (SSSR count). The molecule has 1 fully saturated rings. The van der Waals surface area contributed by atoms with Crippen LogP contribution in [-0.2, 0) is 11.3 Å². The van der Waals surface area contributed by atoms with Gasteiger partial charge in [0.2, 0.25) is 17.6 Å². The quantitative estimate of drug-likeness (QED) is 0.774. The Labute approximate surface area is 162 Å². The highest BCUT2D eigenvalue weighted by atomic mass is 79.9. The van der Waals surface area contributed by atoms with Crippen LogP contribution in [-0.4, -0.2) is 40.6 Å². The highest BCUT2D eigenvalue weighted by molar-refractivity contribution is 9.10. The van der Waals surface area contributed by atoms with Crippen molar-refractivity contribution < 1.29 is 9.32 Å². The van der Waals surface area contributed by atoms with Gasteiger partial charge in [-0.1, -0.05) is 34.9 Å². The lowest BCUT2D eigenvalue weighted by Gasteiger charge is -2.31. The van der Waals surface area contributed by atoms with Crippen LogP contribution in [0.3, 0.4) is 0 Å². The molecule has 0 radical (unpaired) electrons. The van der Waals surface area contributed by atoms with Gasteiger partial charge in [-0.2, -0.15) is 4.98 Å². The Bertz CT molecular complexity index is 729. The van der Waals surface area contributed by atoms with E-state index in [-0.39, 0.29) is 11.8 Å². The van der Waals surface area contributed by atoms with Crippen LogP contribution in [0, 0.1) is 11.8 Å². The van der Waals surface area contributed by atoms with Crippen molar-refractivity contribution in [3.05, 3.63) is 34.6 Å². The van der Waals surface area contributed by atoms with Gasteiger partial charge in [0.05, 0.1) is 12.5 Å². The van der Waals surface area contributed by atoms with E-state index in [2.05, 4.69) is 50.1 Å². The molecule has 1 amide bonds. The molecule has 26 heavy (non-hydrogen) atoms. The Hall–Kier alpha value is -1.73. The van der Waals surface area contributed by atoms with Crippen molar-refractivity contribution in [3.8, 4) is 11.4 Å². The van der Waals surface area contributed by atoms with Gasteiger partial charge >= 0.3 is 0 Å².